The lowest BCUT2D eigenvalue weighted by Gasteiger charge is -2.39. The highest BCUT2D eigenvalue weighted by atomic mass is 35.5. The van der Waals surface area contributed by atoms with Gasteiger partial charge in [-0.25, -0.2) is 0 Å². The van der Waals surface area contributed by atoms with Gasteiger partial charge in [0.15, 0.2) is 5.58 Å². The van der Waals surface area contributed by atoms with Crippen LogP contribution in [0, 0.1) is 11.3 Å². The second-order valence-corrected chi connectivity index (χ2v) is 7.86. The fraction of sp³-hybridized carbons (Fsp3) is 0.556. The second kappa shape index (κ2) is 5.33. The van der Waals surface area contributed by atoms with Crippen molar-refractivity contribution in [3.63, 3.8) is 0 Å². The quantitative estimate of drug-likeness (QED) is 0.772. The van der Waals surface area contributed by atoms with E-state index in [2.05, 4.69) is 26.8 Å². The number of hydrogen-bond acceptors (Lipinski definition) is 2. The molecular formula is C18H24ClNO. The first-order chi connectivity index (χ1) is 9.86. The molecule has 2 aromatic rings. The molecule has 114 valence electrons. The monoisotopic (exact) mass is 305 g/mol. The molecule has 0 aliphatic heterocycles. The minimum Gasteiger partial charge on any atom is -0.459 e. The number of fused-ring (bicyclic) bond motifs is 1. The third-order valence-corrected chi connectivity index (χ3v) is 5.31. The molecule has 0 amide bonds. The molecule has 2 nitrogen and oxygen atoms in total. The molecule has 21 heavy (non-hydrogen) atoms. The van der Waals surface area contributed by atoms with Gasteiger partial charge in [0.2, 0.25) is 0 Å². The van der Waals surface area contributed by atoms with Crippen molar-refractivity contribution in [1.29, 1.82) is 0 Å². The summed E-state index contributed by atoms with van der Waals surface area (Å²) >= 11 is 6.22. The Labute approximate surface area is 131 Å². The summed E-state index contributed by atoms with van der Waals surface area (Å²) in [5.74, 6) is 1.98. The van der Waals surface area contributed by atoms with E-state index in [-0.39, 0.29) is 6.04 Å². The summed E-state index contributed by atoms with van der Waals surface area (Å²) in [6.45, 7) is 6.96. The van der Waals surface area contributed by atoms with E-state index in [0.717, 1.165) is 29.6 Å². The van der Waals surface area contributed by atoms with E-state index in [1.54, 1.807) is 0 Å². The van der Waals surface area contributed by atoms with E-state index < -0.39 is 0 Å². The average molecular weight is 306 g/mol. The Morgan fingerprint density at radius 3 is 2.67 bits per heavy atom. The SMILES string of the molecule is CC(C)(C)C1CCC(N)C(c2cc3cccc(Cl)c3o2)C1. The van der Waals surface area contributed by atoms with Crippen molar-refractivity contribution in [3.05, 3.63) is 35.0 Å². The first-order valence-electron chi connectivity index (χ1n) is 7.80. The molecule has 1 aromatic heterocycles. The molecule has 0 spiro atoms. The van der Waals surface area contributed by atoms with Gasteiger partial charge in [0.1, 0.15) is 5.76 Å². The van der Waals surface area contributed by atoms with Crippen LogP contribution >= 0.6 is 11.6 Å². The molecule has 1 saturated carbocycles. The Morgan fingerprint density at radius 1 is 1.24 bits per heavy atom. The second-order valence-electron chi connectivity index (χ2n) is 7.45. The first-order valence-corrected chi connectivity index (χ1v) is 8.17. The maximum Gasteiger partial charge on any atom is 0.152 e. The van der Waals surface area contributed by atoms with Crippen molar-refractivity contribution in [2.45, 2.75) is 52.0 Å². The van der Waals surface area contributed by atoms with Crippen LogP contribution in [0.15, 0.2) is 28.7 Å². The lowest BCUT2D eigenvalue weighted by atomic mass is 9.67. The van der Waals surface area contributed by atoms with Crippen LogP contribution in [0.1, 0.15) is 51.7 Å². The smallest absolute Gasteiger partial charge is 0.152 e. The van der Waals surface area contributed by atoms with Crippen LogP contribution in [0.2, 0.25) is 5.02 Å². The topological polar surface area (TPSA) is 39.2 Å². The summed E-state index contributed by atoms with van der Waals surface area (Å²) in [5, 5.41) is 1.75. The zero-order valence-electron chi connectivity index (χ0n) is 13.0. The third-order valence-electron chi connectivity index (χ3n) is 5.01. The molecule has 3 heteroatoms. The zero-order chi connectivity index (χ0) is 15.2. The molecule has 2 N–H and O–H groups in total. The van der Waals surface area contributed by atoms with Gasteiger partial charge in [-0.3, -0.25) is 0 Å². The van der Waals surface area contributed by atoms with E-state index in [1.165, 1.54) is 6.42 Å². The van der Waals surface area contributed by atoms with Gasteiger partial charge in [-0.2, -0.15) is 0 Å². The van der Waals surface area contributed by atoms with Crippen LogP contribution < -0.4 is 5.73 Å². The summed E-state index contributed by atoms with van der Waals surface area (Å²) in [6.07, 6.45) is 3.38. The van der Waals surface area contributed by atoms with E-state index in [1.807, 2.05) is 18.2 Å². The molecule has 1 aliphatic rings. The van der Waals surface area contributed by atoms with Crippen LogP contribution in [-0.2, 0) is 0 Å². The zero-order valence-corrected chi connectivity index (χ0v) is 13.8. The molecule has 0 radical (unpaired) electrons. The van der Waals surface area contributed by atoms with Crippen molar-refractivity contribution in [2.24, 2.45) is 17.1 Å². The highest BCUT2D eigenvalue weighted by molar-refractivity contribution is 6.34. The number of furan rings is 1. The van der Waals surface area contributed by atoms with Gasteiger partial charge in [0.05, 0.1) is 5.02 Å². The molecule has 0 saturated heterocycles. The highest BCUT2D eigenvalue weighted by Gasteiger charge is 2.36. The Hall–Kier alpha value is -0.990. The molecule has 1 fully saturated rings. The van der Waals surface area contributed by atoms with Crippen molar-refractivity contribution in [2.75, 3.05) is 0 Å². The summed E-state index contributed by atoms with van der Waals surface area (Å²) in [7, 11) is 0. The summed E-state index contributed by atoms with van der Waals surface area (Å²) in [6, 6.07) is 8.18. The van der Waals surface area contributed by atoms with Gasteiger partial charge in [-0.15, -0.1) is 0 Å². The summed E-state index contributed by atoms with van der Waals surface area (Å²) in [4.78, 5) is 0. The molecule has 0 bridgehead atoms. The fourth-order valence-corrected chi connectivity index (χ4v) is 3.76. The molecule has 3 rings (SSSR count). The number of benzene rings is 1. The standard InChI is InChI=1S/C18H24ClNO/c1-18(2,3)12-7-8-15(20)13(10-12)16-9-11-5-4-6-14(19)17(11)21-16/h4-6,9,12-13,15H,7-8,10,20H2,1-3H3. The molecular weight excluding hydrogens is 282 g/mol. The number of para-hydroxylation sites is 1. The van der Waals surface area contributed by atoms with E-state index in [9.17, 15) is 0 Å². The number of nitrogens with two attached hydrogens (primary N) is 1. The Kier molecular flexibility index (Phi) is 3.79. The van der Waals surface area contributed by atoms with Crippen LogP contribution in [0.4, 0.5) is 0 Å². The van der Waals surface area contributed by atoms with Crippen LogP contribution in [0.25, 0.3) is 11.0 Å². The molecule has 1 aliphatic carbocycles. The normalized spacial score (nSPS) is 27.2. The summed E-state index contributed by atoms with van der Waals surface area (Å²) < 4.78 is 6.06. The van der Waals surface area contributed by atoms with Crippen molar-refractivity contribution < 1.29 is 4.42 Å². The number of halogens is 1. The van der Waals surface area contributed by atoms with Crippen molar-refractivity contribution in [3.8, 4) is 0 Å². The fourth-order valence-electron chi connectivity index (χ4n) is 3.54. The van der Waals surface area contributed by atoms with Gasteiger partial charge >= 0.3 is 0 Å². The summed E-state index contributed by atoms with van der Waals surface area (Å²) in [5.41, 5.74) is 7.50. The lowest BCUT2D eigenvalue weighted by Crippen LogP contribution is -2.38. The van der Waals surface area contributed by atoms with Gasteiger partial charge in [0, 0.05) is 17.3 Å². The third kappa shape index (κ3) is 2.84. The predicted molar refractivity (Wildman–Crippen MR) is 88.7 cm³/mol. The minimum absolute atomic E-state index is 0.183. The minimum atomic E-state index is 0.183. The van der Waals surface area contributed by atoms with Crippen molar-refractivity contribution in [1.82, 2.24) is 0 Å². The largest absolute Gasteiger partial charge is 0.459 e. The van der Waals surface area contributed by atoms with Gasteiger partial charge in [0.25, 0.3) is 0 Å². The Balaban J connectivity index is 1.94. The van der Waals surface area contributed by atoms with Crippen LogP contribution in [0.3, 0.4) is 0 Å². The molecule has 1 heterocycles. The van der Waals surface area contributed by atoms with Gasteiger partial charge < -0.3 is 10.2 Å². The van der Waals surface area contributed by atoms with Crippen molar-refractivity contribution >= 4 is 22.6 Å². The van der Waals surface area contributed by atoms with Crippen LogP contribution in [-0.4, -0.2) is 6.04 Å². The Bertz CT molecular complexity index is 640. The maximum absolute atomic E-state index is 6.38. The highest BCUT2D eigenvalue weighted by Crippen LogP contribution is 2.44. The number of rotatable bonds is 1. The maximum atomic E-state index is 6.38. The van der Waals surface area contributed by atoms with Gasteiger partial charge in [-0.05, 0) is 42.7 Å². The first kappa shape index (κ1) is 14.9. The molecule has 3 atom stereocenters. The predicted octanol–water partition coefficient (Wildman–Crippen LogP) is 5.34. The Morgan fingerprint density at radius 2 is 2.00 bits per heavy atom. The van der Waals surface area contributed by atoms with E-state index in [4.69, 9.17) is 21.8 Å². The van der Waals surface area contributed by atoms with E-state index in [0.29, 0.717) is 22.3 Å². The lowest BCUT2D eigenvalue weighted by molar-refractivity contribution is 0.147. The van der Waals surface area contributed by atoms with Gasteiger partial charge in [-0.1, -0.05) is 44.5 Å². The molecule has 1 aromatic carbocycles. The van der Waals surface area contributed by atoms with Crippen LogP contribution in [0.5, 0.6) is 0 Å². The number of hydrogen-bond donors (Lipinski definition) is 1. The molecule has 3 unspecified atom stereocenters. The average Bonchev–Trinajstić information content (AvgIpc) is 2.83. The van der Waals surface area contributed by atoms with E-state index >= 15 is 0 Å².